The van der Waals surface area contributed by atoms with Crippen LogP contribution in [0.4, 0.5) is 5.69 Å². The Bertz CT molecular complexity index is 1120. The molecule has 5 nitrogen and oxygen atoms in total. The molecular formula is C20H15NO4. The third-order valence-electron chi connectivity index (χ3n) is 4.01. The van der Waals surface area contributed by atoms with Crippen molar-refractivity contribution in [3.8, 4) is 0 Å². The minimum absolute atomic E-state index is 0.0391. The maximum absolute atomic E-state index is 12.7. The van der Waals surface area contributed by atoms with Crippen LogP contribution in [0.25, 0.3) is 21.9 Å². The first-order valence-electron chi connectivity index (χ1n) is 8.01. The van der Waals surface area contributed by atoms with Crippen molar-refractivity contribution in [2.75, 3.05) is 11.9 Å². The van der Waals surface area contributed by atoms with E-state index in [1.54, 1.807) is 24.3 Å². The topological polar surface area (TPSA) is 72.5 Å². The minimum Gasteiger partial charge on any atom is -0.453 e. The van der Waals surface area contributed by atoms with E-state index in [0.29, 0.717) is 16.6 Å². The number of hydrogen-bond acceptors (Lipinski definition) is 5. The van der Waals surface area contributed by atoms with Gasteiger partial charge in [-0.25, -0.2) is 4.79 Å². The Labute approximate surface area is 142 Å². The van der Waals surface area contributed by atoms with Gasteiger partial charge in [-0.15, -0.1) is 0 Å². The molecule has 4 rings (SSSR count). The molecular weight excluding hydrogens is 318 g/mol. The number of carbonyl (C=O) groups excluding carboxylic acids is 1. The zero-order valence-electron chi connectivity index (χ0n) is 13.5. The maximum atomic E-state index is 12.7. The molecule has 0 amide bonds. The smallest absolute Gasteiger partial charge is 0.347 e. The highest BCUT2D eigenvalue weighted by Gasteiger charge is 2.19. The highest BCUT2D eigenvalue weighted by molar-refractivity contribution is 6.09. The highest BCUT2D eigenvalue weighted by atomic mass is 16.4. The lowest BCUT2D eigenvalue weighted by Gasteiger charge is -2.05. The predicted octanol–water partition coefficient (Wildman–Crippen LogP) is 4.20. The first-order valence-corrected chi connectivity index (χ1v) is 8.01. The molecule has 2 aromatic carbocycles. The van der Waals surface area contributed by atoms with Gasteiger partial charge in [0.2, 0.25) is 5.78 Å². The lowest BCUT2D eigenvalue weighted by Crippen LogP contribution is -2.14. The fourth-order valence-electron chi connectivity index (χ4n) is 2.81. The van der Waals surface area contributed by atoms with Crippen LogP contribution in [0.5, 0.6) is 0 Å². The second-order valence-corrected chi connectivity index (χ2v) is 5.71. The molecule has 0 saturated carbocycles. The Kier molecular flexibility index (Phi) is 3.61. The van der Waals surface area contributed by atoms with E-state index >= 15 is 0 Å². The molecule has 0 fully saturated rings. The van der Waals surface area contributed by atoms with Gasteiger partial charge in [0.15, 0.2) is 5.76 Å². The molecule has 0 spiro atoms. The molecule has 0 aliphatic heterocycles. The van der Waals surface area contributed by atoms with E-state index in [1.807, 2.05) is 37.3 Å². The average Bonchev–Trinajstić information content (AvgIpc) is 3.05. The van der Waals surface area contributed by atoms with E-state index in [0.717, 1.165) is 17.6 Å². The van der Waals surface area contributed by atoms with E-state index in [4.69, 9.17) is 8.83 Å². The quantitative estimate of drug-likeness (QED) is 0.447. The van der Waals surface area contributed by atoms with Crippen molar-refractivity contribution in [2.24, 2.45) is 0 Å². The Balaban J connectivity index is 1.79. The van der Waals surface area contributed by atoms with Crippen molar-refractivity contribution < 1.29 is 13.6 Å². The van der Waals surface area contributed by atoms with Gasteiger partial charge in [-0.2, -0.15) is 0 Å². The van der Waals surface area contributed by atoms with Crippen LogP contribution in [-0.2, 0) is 0 Å². The molecule has 0 atom stereocenters. The summed E-state index contributed by atoms with van der Waals surface area (Å²) in [6, 6.07) is 15.9. The molecule has 4 aromatic rings. The molecule has 25 heavy (non-hydrogen) atoms. The highest BCUT2D eigenvalue weighted by Crippen LogP contribution is 2.23. The van der Waals surface area contributed by atoms with Crippen molar-refractivity contribution in [1.29, 1.82) is 0 Å². The Morgan fingerprint density at radius 2 is 1.76 bits per heavy atom. The van der Waals surface area contributed by atoms with Gasteiger partial charge in [0.25, 0.3) is 0 Å². The second kappa shape index (κ2) is 5.94. The summed E-state index contributed by atoms with van der Waals surface area (Å²) in [5, 5.41) is 4.65. The Hall–Kier alpha value is -3.34. The number of carbonyl (C=O) groups is 1. The fraction of sp³-hybridized carbons (Fsp3) is 0.100. The van der Waals surface area contributed by atoms with Crippen molar-refractivity contribution in [1.82, 2.24) is 0 Å². The van der Waals surface area contributed by atoms with Gasteiger partial charge < -0.3 is 14.2 Å². The normalized spacial score (nSPS) is 11.1. The Morgan fingerprint density at radius 3 is 2.56 bits per heavy atom. The third-order valence-corrected chi connectivity index (χ3v) is 4.01. The molecule has 1 N–H and O–H groups in total. The van der Waals surface area contributed by atoms with Crippen LogP contribution in [0, 0.1) is 0 Å². The van der Waals surface area contributed by atoms with Gasteiger partial charge in [0.05, 0.1) is 0 Å². The van der Waals surface area contributed by atoms with E-state index in [1.165, 1.54) is 0 Å². The number of rotatable bonds is 4. The molecule has 0 aliphatic rings. The van der Waals surface area contributed by atoms with E-state index < -0.39 is 11.4 Å². The fourth-order valence-corrected chi connectivity index (χ4v) is 2.81. The minimum atomic E-state index is -0.674. The lowest BCUT2D eigenvalue weighted by atomic mass is 10.1. The summed E-state index contributed by atoms with van der Waals surface area (Å²) in [6.07, 6.45) is 0. The first kappa shape index (κ1) is 15.2. The van der Waals surface area contributed by atoms with Crippen LogP contribution in [0.3, 0.4) is 0 Å². The van der Waals surface area contributed by atoms with Gasteiger partial charge in [0, 0.05) is 29.1 Å². The van der Waals surface area contributed by atoms with Crippen molar-refractivity contribution >= 4 is 33.4 Å². The van der Waals surface area contributed by atoms with E-state index in [2.05, 4.69) is 5.32 Å². The number of anilines is 1. The molecule has 0 aliphatic carbocycles. The van der Waals surface area contributed by atoms with Crippen molar-refractivity contribution in [3.63, 3.8) is 0 Å². The monoisotopic (exact) mass is 333 g/mol. The third kappa shape index (κ3) is 2.70. The zero-order valence-corrected chi connectivity index (χ0v) is 13.5. The van der Waals surface area contributed by atoms with E-state index in [-0.39, 0.29) is 11.3 Å². The van der Waals surface area contributed by atoms with Crippen LogP contribution in [-0.4, -0.2) is 12.3 Å². The number of nitrogens with one attached hydrogen (secondary N) is 1. The summed E-state index contributed by atoms with van der Waals surface area (Å²) in [7, 11) is 0. The summed E-state index contributed by atoms with van der Waals surface area (Å²) in [5.74, 6) is -0.361. The van der Waals surface area contributed by atoms with Crippen molar-refractivity contribution in [3.05, 3.63) is 76.3 Å². The standard InChI is InChI=1S/C20H15NO4/c1-2-21-14-8-7-13-9-15(20(23)25-17(13)11-14)19(22)18-10-12-5-3-4-6-16(12)24-18/h3-11,21H,2H2,1H3. The van der Waals surface area contributed by atoms with Crippen molar-refractivity contribution in [2.45, 2.75) is 6.92 Å². The van der Waals surface area contributed by atoms with Gasteiger partial charge in [-0.1, -0.05) is 18.2 Å². The lowest BCUT2D eigenvalue weighted by molar-refractivity contribution is 0.101. The molecule has 0 radical (unpaired) electrons. The van der Waals surface area contributed by atoms with Gasteiger partial charge in [-0.05, 0) is 37.3 Å². The average molecular weight is 333 g/mol. The van der Waals surface area contributed by atoms with Crippen LogP contribution >= 0.6 is 0 Å². The number of ketones is 1. The van der Waals surface area contributed by atoms with Gasteiger partial charge >= 0.3 is 5.63 Å². The van der Waals surface area contributed by atoms with Crippen LogP contribution in [0.15, 0.2) is 68.2 Å². The van der Waals surface area contributed by atoms with Crippen LogP contribution in [0.2, 0.25) is 0 Å². The molecule has 2 aromatic heterocycles. The number of benzene rings is 2. The van der Waals surface area contributed by atoms with E-state index in [9.17, 15) is 9.59 Å². The molecule has 2 heterocycles. The van der Waals surface area contributed by atoms with Crippen LogP contribution < -0.4 is 10.9 Å². The number of hydrogen-bond donors (Lipinski definition) is 1. The SMILES string of the molecule is CCNc1ccc2cc(C(=O)c3cc4ccccc4o3)c(=O)oc2c1. The number of para-hydroxylation sites is 1. The summed E-state index contributed by atoms with van der Waals surface area (Å²) in [4.78, 5) is 25.0. The maximum Gasteiger partial charge on any atom is 0.347 e. The summed E-state index contributed by atoms with van der Waals surface area (Å²) < 4.78 is 10.9. The number of furan rings is 1. The summed E-state index contributed by atoms with van der Waals surface area (Å²) >= 11 is 0. The number of fused-ring (bicyclic) bond motifs is 2. The first-order chi connectivity index (χ1) is 12.2. The van der Waals surface area contributed by atoms with Gasteiger partial charge in [0.1, 0.15) is 16.7 Å². The molecule has 5 heteroatoms. The zero-order chi connectivity index (χ0) is 17.4. The Morgan fingerprint density at radius 1 is 0.960 bits per heavy atom. The largest absolute Gasteiger partial charge is 0.453 e. The van der Waals surface area contributed by atoms with Crippen LogP contribution in [0.1, 0.15) is 23.0 Å². The second-order valence-electron chi connectivity index (χ2n) is 5.71. The summed E-state index contributed by atoms with van der Waals surface area (Å²) in [6.45, 7) is 2.74. The summed E-state index contributed by atoms with van der Waals surface area (Å²) in [5.41, 5.74) is 1.18. The molecule has 0 unspecified atom stereocenters. The van der Waals surface area contributed by atoms with Gasteiger partial charge in [-0.3, -0.25) is 4.79 Å². The molecule has 0 bridgehead atoms. The predicted molar refractivity (Wildman–Crippen MR) is 96.3 cm³/mol. The molecule has 0 saturated heterocycles. The molecule has 124 valence electrons.